The van der Waals surface area contributed by atoms with Gasteiger partial charge in [0, 0.05) is 0 Å². The van der Waals surface area contributed by atoms with Gasteiger partial charge < -0.3 is 14.8 Å². The van der Waals surface area contributed by atoms with E-state index >= 15 is 0 Å². The van der Waals surface area contributed by atoms with Crippen molar-refractivity contribution >= 4 is 0 Å². The van der Waals surface area contributed by atoms with Crippen LogP contribution >= 0.6 is 0 Å². The molecule has 5 heteroatoms. The van der Waals surface area contributed by atoms with E-state index < -0.39 is 0 Å². The number of aliphatic hydroxyl groups excluding tert-OH is 1. The summed E-state index contributed by atoms with van der Waals surface area (Å²) >= 11 is 0. The Morgan fingerprint density at radius 1 is 1.50 bits per heavy atom. The number of methoxy groups -OCH3 is 1. The third-order valence-electron chi connectivity index (χ3n) is 2.23. The third kappa shape index (κ3) is 1.90. The molecule has 0 unspecified atom stereocenters. The number of aromatic amines is 1. The molecule has 1 aromatic heterocycles. The molecule has 0 spiro atoms. The highest BCUT2D eigenvalue weighted by atomic mass is 19.1. The molecule has 1 heterocycles. The molecule has 0 radical (unpaired) electrons. The summed E-state index contributed by atoms with van der Waals surface area (Å²) in [5, 5.41) is 8.88. The number of hydrogen-bond donors (Lipinski definition) is 2. The van der Waals surface area contributed by atoms with E-state index in [9.17, 15) is 4.39 Å². The molecule has 2 rings (SSSR count). The Bertz CT molecular complexity index is 496. The molecular formula is C11H11FN2O2. The van der Waals surface area contributed by atoms with Crippen LogP contribution in [0.5, 0.6) is 5.75 Å². The van der Waals surface area contributed by atoms with Crippen LogP contribution in [0.4, 0.5) is 4.39 Å². The summed E-state index contributed by atoms with van der Waals surface area (Å²) in [6, 6.07) is 4.40. The Morgan fingerprint density at radius 3 is 2.94 bits per heavy atom. The number of aliphatic hydroxyl groups is 1. The first kappa shape index (κ1) is 10.6. The van der Waals surface area contributed by atoms with Gasteiger partial charge in [-0.3, -0.25) is 0 Å². The number of nitrogens with zero attached hydrogens (tertiary/aromatic N) is 1. The molecule has 2 aromatic rings. The standard InChI is InChI=1S/C11H11FN2O2/c1-16-8-2-3-10(12)9(4-8)11-13-5-7(6-15)14-11/h2-5,15H,6H2,1H3,(H,13,14). The van der Waals surface area contributed by atoms with E-state index in [0.29, 0.717) is 22.8 Å². The van der Waals surface area contributed by atoms with Crippen LogP contribution in [0.3, 0.4) is 0 Å². The van der Waals surface area contributed by atoms with Gasteiger partial charge in [-0.25, -0.2) is 9.37 Å². The van der Waals surface area contributed by atoms with Crippen molar-refractivity contribution < 1.29 is 14.2 Å². The van der Waals surface area contributed by atoms with Crippen molar-refractivity contribution in [2.24, 2.45) is 0 Å². The zero-order valence-electron chi connectivity index (χ0n) is 8.70. The Kier molecular flexibility index (Phi) is 2.87. The number of nitrogens with one attached hydrogen (secondary N) is 1. The largest absolute Gasteiger partial charge is 0.497 e. The highest BCUT2D eigenvalue weighted by molar-refractivity contribution is 5.58. The number of rotatable bonds is 3. The maximum Gasteiger partial charge on any atom is 0.140 e. The second-order valence-corrected chi connectivity index (χ2v) is 3.26. The van der Waals surface area contributed by atoms with Crippen LogP contribution in [0.2, 0.25) is 0 Å². The SMILES string of the molecule is COc1ccc(F)c(-c2ncc(CO)[nH]2)c1. The monoisotopic (exact) mass is 222 g/mol. The maximum atomic E-state index is 13.5. The van der Waals surface area contributed by atoms with Crippen molar-refractivity contribution in [3.63, 3.8) is 0 Å². The lowest BCUT2D eigenvalue weighted by atomic mass is 10.2. The topological polar surface area (TPSA) is 58.1 Å². The number of imidazole rings is 1. The molecular weight excluding hydrogens is 211 g/mol. The van der Waals surface area contributed by atoms with Crippen LogP contribution in [-0.4, -0.2) is 22.2 Å². The summed E-state index contributed by atoms with van der Waals surface area (Å²) in [5.74, 6) is 0.540. The average molecular weight is 222 g/mol. The Labute approximate surface area is 91.7 Å². The van der Waals surface area contributed by atoms with Gasteiger partial charge in [0.05, 0.1) is 31.2 Å². The number of H-pyrrole nitrogens is 1. The van der Waals surface area contributed by atoms with E-state index in [1.165, 1.54) is 25.4 Å². The van der Waals surface area contributed by atoms with E-state index in [1.54, 1.807) is 6.07 Å². The molecule has 16 heavy (non-hydrogen) atoms. The van der Waals surface area contributed by atoms with Crippen molar-refractivity contribution in [1.82, 2.24) is 9.97 Å². The number of hydrogen-bond acceptors (Lipinski definition) is 3. The van der Waals surface area contributed by atoms with Crippen LogP contribution in [0.15, 0.2) is 24.4 Å². The number of benzene rings is 1. The lowest BCUT2D eigenvalue weighted by molar-refractivity contribution is 0.277. The van der Waals surface area contributed by atoms with Gasteiger partial charge >= 0.3 is 0 Å². The number of ether oxygens (including phenoxy) is 1. The molecule has 0 atom stereocenters. The molecule has 0 bridgehead atoms. The van der Waals surface area contributed by atoms with Crippen molar-refractivity contribution in [2.75, 3.05) is 7.11 Å². The summed E-state index contributed by atoms with van der Waals surface area (Å²) in [6.45, 7) is -0.154. The van der Waals surface area contributed by atoms with Gasteiger partial charge in [0.25, 0.3) is 0 Å². The molecule has 0 fully saturated rings. The van der Waals surface area contributed by atoms with E-state index in [-0.39, 0.29) is 12.4 Å². The summed E-state index contributed by atoms with van der Waals surface area (Å²) in [4.78, 5) is 6.80. The Morgan fingerprint density at radius 2 is 2.31 bits per heavy atom. The molecule has 0 aliphatic heterocycles. The van der Waals surface area contributed by atoms with Gasteiger partial charge in [0.2, 0.25) is 0 Å². The van der Waals surface area contributed by atoms with Gasteiger partial charge in [-0.15, -0.1) is 0 Å². The molecule has 0 amide bonds. The first-order valence-corrected chi connectivity index (χ1v) is 4.73. The summed E-state index contributed by atoms with van der Waals surface area (Å²) in [7, 11) is 1.51. The van der Waals surface area contributed by atoms with Crippen LogP contribution in [-0.2, 0) is 6.61 Å². The lowest BCUT2D eigenvalue weighted by Gasteiger charge is -2.03. The first-order chi connectivity index (χ1) is 7.74. The molecule has 2 N–H and O–H groups in total. The van der Waals surface area contributed by atoms with Gasteiger partial charge in [-0.2, -0.15) is 0 Å². The van der Waals surface area contributed by atoms with E-state index in [2.05, 4.69) is 9.97 Å². The van der Waals surface area contributed by atoms with E-state index in [0.717, 1.165) is 0 Å². The minimum absolute atomic E-state index is 0.154. The van der Waals surface area contributed by atoms with Crippen molar-refractivity contribution in [1.29, 1.82) is 0 Å². The average Bonchev–Trinajstić information content (AvgIpc) is 2.78. The quantitative estimate of drug-likeness (QED) is 0.831. The molecule has 0 saturated carbocycles. The Hall–Kier alpha value is -1.88. The summed E-state index contributed by atoms with van der Waals surface area (Å²) in [5.41, 5.74) is 0.858. The van der Waals surface area contributed by atoms with Crippen molar-refractivity contribution in [3.05, 3.63) is 35.9 Å². The van der Waals surface area contributed by atoms with Crippen molar-refractivity contribution in [2.45, 2.75) is 6.61 Å². The molecule has 0 aliphatic carbocycles. The van der Waals surface area contributed by atoms with Gasteiger partial charge in [0.1, 0.15) is 17.4 Å². The second kappa shape index (κ2) is 4.32. The first-order valence-electron chi connectivity index (χ1n) is 4.73. The summed E-state index contributed by atoms with van der Waals surface area (Å²) < 4.78 is 18.5. The zero-order valence-corrected chi connectivity index (χ0v) is 8.70. The minimum atomic E-state index is -0.389. The minimum Gasteiger partial charge on any atom is -0.497 e. The third-order valence-corrected chi connectivity index (χ3v) is 2.23. The van der Waals surface area contributed by atoms with E-state index in [1.807, 2.05) is 0 Å². The molecule has 0 aliphatic rings. The lowest BCUT2D eigenvalue weighted by Crippen LogP contribution is -1.90. The smallest absolute Gasteiger partial charge is 0.140 e. The Balaban J connectivity index is 2.45. The number of halogens is 1. The zero-order chi connectivity index (χ0) is 11.5. The number of aromatic nitrogens is 2. The maximum absolute atomic E-state index is 13.5. The fourth-order valence-corrected chi connectivity index (χ4v) is 1.39. The van der Waals surface area contributed by atoms with Gasteiger partial charge in [-0.1, -0.05) is 0 Å². The normalized spacial score (nSPS) is 10.4. The van der Waals surface area contributed by atoms with Crippen LogP contribution in [0.1, 0.15) is 5.69 Å². The van der Waals surface area contributed by atoms with Crippen LogP contribution in [0, 0.1) is 5.82 Å². The fraction of sp³-hybridized carbons (Fsp3) is 0.182. The van der Waals surface area contributed by atoms with E-state index in [4.69, 9.17) is 9.84 Å². The van der Waals surface area contributed by atoms with Crippen LogP contribution < -0.4 is 4.74 Å². The summed E-state index contributed by atoms with van der Waals surface area (Å²) in [6.07, 6.45) is 1.47. The van der Waals surface area contributed by atoms with Gasteiger partial charge in [0.15, 0.2) is 0 Å². The predicted molar refractivity (Wildman–Crippen MR) is 56.5 cm³/mol. The highest BCUT2D eigenvalue weighted by Gasteiger charge is 2.10. The fourth-order valence-electron chi connectivity index (χ4n) is 1.39. The van der Waals surface area contributed by atoms with Gasteiger partial charge in [-0.05, 0) is 18.2 Å². The molecule has 1 aromatic carbocycles. The molecule has 4 nitrogen and oxygen atoms in total. The van der Waals surface area contributed by atoms with Crippen LogP contribution in [0.25, 0.3) is 11.4 Å². The highest BCUT2D eigenvalue weighted by Crippen LogP contribution is 2.24. The molecule has 0 saturated heterocycles. The predicted octanol–water partition coefficient (Wildman–Crippen LogP) is 1.72. The van der Waals surface area contributed by atoms with Crippen molar-refractivity contribution in [3.8, 4) is 17.1 Å². The second-order valence-electron chi connectivity index (χ2n) is 3.26. The molecule has 84 valence electrons.